The lowest BCUT2D eigenvalue weighted by Crippen LogP contribution is -2.33. The van der Waals surface area contributed by atoms with Gasteiger partial charge in [-0.05, 0) is 60.5 Å². The highest BCUT2D eigenvalue weighted by molar-refractivity contribution is 6.53. The van der Waals surface area contributed by atoms with Crippen molar-refractivity contribution in [3.63, 3.8) is 0 Å². The molecule has 0 bridgehead atoms. The van der Waals surface area contributed by atoms with Crippen molar-refractivity contribution < 1.29 is 18.8 Å². The second kappa shape index (κ2) is 9.26. The molecule has 4 rings (SSSR count). The van der Waals surface area contributed by atoms with E-state index in [1.165, 1.54) is 23.8 Å². The van der Waals surface area contributed by atoms with Gasteiger partial charge in [0.25, 0.3) is 17.7 Å². The number of aryl methyl sites for hydroxylation is 1. The summed E-state index contributed by atoms with van der Waals surface area (Å²) in [6.45, 7) is 2.05. The maximum absolute atomic E-state index is 14.1. The van der Waals surface area contributed by atoms with Crippen molar-refractivity contribution in [1.82, 2.24) is 0 Å². The number of carbonyl (C=O) groups is 3. The van der Waals surface area contributed by atoms with Crippen LogP contribution in [0.4, 0.5) is 21.5 Å². The Kier molecular flexibility index (Phi) is 6.24. The summed E-state index contributed by atoms with van der Waals surface area (Å²) in [7, 11) is 0. The van der Waals surface area contributed by atoms with Crippen LogP contribution in [-0.4, -0.2) is 17.7 Å². The summed E-state index contributed by atoms with van der Waals surface area (Å²) >= 11 is 6.08. The molecule has 0 saturated heterocycles. The molecule has 0 radical (unpaired) electrons. The van der Waals surface area contributed by atoms with E-state index in [1.54, 1.807) is 24.3 Å². The summed E-state index contributed by atoms with van der Waals surface area (Å²) in [5.41, 5.74) is 2.34. The second-order valence-corrected chi connectivity index (χ2v) is 7.67. The van der Waals surface area contributed by atoms with Gasteiger partial charge in [-0.25, -0.2) is 9.29 Å². The monoisotopic (exact) mass is 463 g/mol. The minimum atomic E-state index is -0.820. The number of amides is 3. The molecule has 3 aromatic rings. The first-order chi connectivity index (χ1) is 15.9. The third-order valence-electron chi connectivity index (χ3n) is 5.16. The molecule has 0 unspecified atom stereocenters. The number of imide groups is 1. The van der Waals surface area contributed by atoms with E-state index in [4.69, 9.17) is 11.6 Å². The maximum Gasteiger partial charge on any atom is 0.283 e. The molecule has 0 fully saturated rings. The molecule has 0 aliphatic carbocycles. The van der Waals surface area contributed by atoms with Crippen LogP contribution in [-0.2, 0) is 16.0 Å². The molecule has 0 spiro atoms. The number of para-hydroxylation sites is 1. The molecule has 3 aromatic carbocycles. The predicted octanol–water partition coefficient (Wildman–Crippen LogP) is 5.08. The Morgan fingerprint density at radius 3 is 2.18 bits per heavy atom. The largest absolute Gasteiger partial charge is 0.350 e. The van der Waals surface area contributed by atoms with Crippen LogP contribution in [0.15, 0.2) is 83.5 Å². The Morgan fingerprint density at radius 1 is 0.909 bits per heavy atom. The maximum atomic E-state index is 14.1. The van der Waals surface area contributed by atoms with E-state index < -0.39 is 17.6 Å². The number of hydrogen-bond acceptors (Lipinski definition) is 4. The van der Waals surface area contributed by atoms with Gasteiger partial charge in [0.2, 0.25) is 0 Å². The average molecular weight is 464 g/mol. The quantitative estimate of drug-likeness (QED) is 0.500. The van der Waals surface area contributed by atoms with Gasteiger partial charge in [0.1, 0.15) is 16.5 Å². The van der Waals surface area contributed by atoms with Gasteiger partial charge in [-0.1, -0.05) is 42.8 Å². The predicted molar refractivity (Wildman–Crippen MR) is 126 cm³/mol. The van der Waals surface area contributed by atoms with E-state index in [-0.39, 0.29) is 22.3 Å². The third kappa shape index (κ3) is 4.49. The Bertz CT molecular complexity index is 1270. The third-order valence-corrected chi connectivity index (χ3v) is 5.51. The first-order valence-corrected chi connectivity index (χ1v) is 10.6. The number of nitrogens with zero attached hydrogens (tertiary/aromatic N) is 1. The average Bonchev–Trinajstić information content (AvgIpc) is 3.03. The molecule has 0 saturated carbocycles. The molecule has 0 atom stereocenters. The summed E-state index contributed by atoms with van der Waals surface area (Å²) < 4.78 is 14.1. The van der Waals surface area contributed by atoms with Crippen LogP contribution in [0.1, 0.15) is 22.8 Å². The van der Waals surface area contributed by atoms with Crippen LogP contribution >= 0.6 is 11.6 Å². The highest BCUT2D eigenvalue weighted by Crippen LogP contribution is 2.31. The highest BCUT2D eigenvalue weighted by Gasteiger charge is 2.40. The summed E-state index contributed by atoms with van der Waals surface area (Å²) in [6, 6.07) is 19.3. The molecule has 166 valence electrons. The van der Waals surface area contributed by atoms with E-state index in [1.807, 2.05) is 24.3 Å². The van der Waals surface area contributed by atoms with E-state index in [0.29, 0.717) is 21.8 Å². The first-order valence-electron chi connectivity index (χ1n) is 10.2. The van der Waals surface area contributed by atoms with E-state index in [2.05, 4.69) is 17.6 Å². The van der Waals surface area contributed by atoms with Crippen molar-refractivity contribution >= 4 is 46.4 Å². The Labute approximate surface area is 194 Å². The van der Waals surface area contributed by atoms with Crippen molar-refractivity contribution in [1.29, 1.82) is 0 Å². The zero-order valence-corrected chi connectivity index (χ0v) is 18.3. The van der Waals surface area contributed by atoms with Gasteiger partial charge < -0.3 is 10.6 Å². The highest BCUT2D eigenvalue weighted by atomic mass is 35.5. The minimum Gasteiger partial charge on any atom is -0.350 e. The van der Waals surface area contributed by atoms with Crippen LogP contribution in [0.25, 0.3) is 0 Å². The van der Waals surface area contributed by atoms with Gasteiger partial charge in [-0.2, -0.15) is 0 Å². The van der Waals surface area contributed by atoms with Gasteiger partial charge in [0.05, 0.1) is 5.69 Å². The molecule has 1 heterocycles. The van der Waals surface area contributed by atoms with Gasteiger partial charge in [0, 0.05) is 16.9 Å². The Hall–Kier alpha value is -3.97. The van der Waals surface area contributed by atoms with Crippen LogP contribution in [0, 0.1) is 5.82 Å². The van der Waals surface area contributed by atoms with Crippen LogP contribution < -0.4 is 15.5 Å². The molecular weight excluding hydrogens is 445 g/mol. The standard InChI is InChI=1S/C25H19ClFN3O3/c1-2-15-7-11-18(12-8-15)29-23(31)16-9-13-17(14-10-16)28-22-21(26)24(32)30(25(22)33)20-6-4-3-5-19(20)27/h3-14,28H,2H2,1H3,(H,29,31). The molecule has 8 heteroatoms. The lowest BCUT2D eigenvalue weighted by Gasteiger charge is -2.15. The van der Waals surface area contributed by atoms with Crippen molar-refractivity contribution in [2.24, 2.45) is 0 Å². The summed E-state index contributed by atoms with van der Waals surface area (Å²) in [5.74, 6) is -2.60. The zero-order chi connectivity index (χ0) is 23.5. The normalized spacial score (nSPS) is 13.5. The number of halogens is 2. The summed E-state index contributed by atoms with van der Waals surface area (Å²) in [4.78, 5) is 38.4. The molecule has 3 amide bonds. The SMILES string of the molecule is CCc1ccc(NC(=O)c2ccc(NC3=C(Cl)C(=O)N(c4ccccc4F)C3=O)cc2)cc1. The van der Waals surface area contributed by atoms with Crippen molar-refractivity contribution in [2.45, 2.75) is 13.3 Å². The molecule has 0 aromatic heterocycles. The van der Waals surface area contributed by atoms with Gasteiger partial charge >= 0.3 is 0 Å². The van der Waals surface area contributed by atoms with Crippen LogP contribution in [0.2, 0.25) is 0 Å². The summed E-state index contributed by atoms with van der Waals surface area (Å²) in [5, 5.41) is 5.27. The van der Waals surface area contributed by atoms with Crippen molar-refractivity contribution in [3.8, 4) is 0 Å². The minimum absolute atomic E-state index is 0.168. The smallest absolute Gasteiger partial charge is 0.283 e. The fourth-order valence-corrected chi connectivity index (χ4v) is 3.55. The van der Waals surface area contributed by atoms with Crippen molar-refractivity contribution in [3.05, 3.63) is 100 Å². The number of carbonyl (C=O) groups excluding carboxylic acids is 3. The van der Waals surface area contributed by atoms with Crippen LogP contribution in [0.3, 0.4) is 0 Å². The van der Waals surface area contributed by atoms with Gasteiger partial charge in [0.15, 0.2) is 0 Å². The van der Waals surface area contributed by atoms with E-state index >= 15 is 0 Å². The number of benzene rings is 3. The lowest BCUT2D eigenvalue weighted by atomic mass is 10.1. The van der Waals surface area contributed by atoms with Crippen molar-refractivity contribution in [2.75, 3.05) is 15.5 Å². The van der Waals surface area contributed by atoms with E-state index in [9.17, 15) is 18.8 Å². The molecule has 2 N–H and O–H groups in total. The first kappa shape index (κ1) is 22.2. The fourth-order valence-electron chi connectivity index (χ4n) is 3.34. The number of nitrogens with one attached hydrogen (secondary N) is 2. The number of hydrogen-bond donors (Lipinski definition) is 2. The molecule has 6 nitrogen and oxygen atoms in total. The molecule has 1 aliphatic rings. The lowest BCUT2D eigenvalue weighted by molar-refractivity contribution is -0.120. The fraction of sp³-hybridized carbons (Fsp3) is 0.0800. The number of rotatable bonds is 6. The Morgan fingerprint density at radius 2 is 1.55 bits per heavy atom. The molecule has 1 aliphatic heterocycles. The molecule has 33 heavy (non-hydrogen) atoms. The van der Waals surface area contributed by atoms with Crippen LogP contribution in [0.5, 0.6) is 0 Å². The van der Waals surface area contributed by atoms with Gasteiger partial charge in [-0.15, -0.1) is 0 Å². The topological polar surface area (TPSA) is 78.5 Å². The molecular formula is C25H19ClFN3O3. The summed E-state index contributed by atoms with van der Waals surface area (Å²) in [6.07, 6.45) is 0.912. The Balaban J connectivity index is 1.47. The second-order valence-electron chi connectivity index (χ2n) is 7.29. The zero-order valence-electron chi connectivity index (χ0n) is 17.6. The van der Waals surface area contributed by atoms with E-state index in [0.717, 1.165) is 12.5 Å². The number of anilines is 3. The van der Waals surface area contributed by atoms with Gasteiger partial charge in [-0.3, -0.25) is 14.4 Å².